The molecule has 18 heavy (non-hydrogen) atoms. The number of hydrogen-bond acceptors (Lipinski definition) is 3. The van der Waals surface area contributed by atoms with Gasteiger partial charge in [0.25, 0.3) is 5.91 Å². The number of amides is 1. The molecule has 1 heterocycles. The smallest absolute Gasteiger partial charge is 0.273 e. The number of carbonyl (C=O) groups is 1. The maximum atomic E-state index is 12.0. The number of hydrogen-bond donors (Lipinski definition) is 1. The molecule has 4 atom stereocenters. The number of nitrogens with zero attached hydrogens (tertiary/aromatic N) is 1. The van der Waals surface area contributed by atoms with Gasteiger partial charge in [-0.2, -0.15) is 0 Å². The number of fused-ring (bicyclic) bond motifs is 2. The molecule has 2 aliphatic rings. The second-order valence-electron chi connectivity index (χ2n) is 5.92. The molecule has 1 aromatic rings. The monoisotopic (exact) mass is 248 g/mol. The van der Waals surface area contributed by atoms with Crippen LogP contribution in [0.3, 0.4) is 0 Å². The summed E-state index contributed by atoms with van der Waals surface area (Å²) in [5.41, 5.74) is 0.391. The molecule has 3 rings (SSSR count). The molecule has 98 valence electrons. The zero-order valence-corrected chi connectivity index (χ0v) is 11.0. The van der Waals surface area contributed by atoms with Crippen molar-refractivity contribution in [2.75, 3.05) is 0 Å². The van der Waals surface area contributed by atoms with E-state index in [-0.39, 0.29) is 11.9 Å². The third-order valence-corrected chi connectivity index (χ3v) is 4.65. The van der Waals surface area contributed by atoms with Gasteiger partial charge in [0.05, 0.1) is 0 Å². The first-order valence-corrected chi connectivity index (χ1v) is 6.87. The van der Waals surface area contributed by atoms with Crippen LogP contribution in [0, 0.1) is 24.7 Å². The standard InChI is InChI=1S/C14H20N2O2/c1-8-5-13(16-18-8)14(17)15-9(2)12-7-10-3-4-11(12)6-10/h5,9-12H,3-4,6-7H2,1-2H3,(H,15,17)/t9-,10-,11-,12-/m1/s1. The molecule has 0 aromatic carbocycles. The van der Waals surface area contributed by atoms with Crippen molar-refractivity contribution in [3.05, 3.63) is 17.5 Å². The summed E-state index contributed by atoms with van der Waals surface area (Å²) in [7, 11) is 0. The minimum absolute atomic E-state index is 0.109. The van der Waals surface area contributed by atoms with Gasteiger partial charge in [-0.3, -0.25) is 4.79 Å². The van der Waals surface area contributed by atoms with Gasteiger partial charge in [-0.15, -0.1) is 0 Å². The number of carbonyl (C=O) groups excluding carboxylic acids is 1. The average Bonchev–Trinajstić information content (AvgIpc) is 3.03. The Morgan fingerprint density at radius 3 is 2.89 bits per heavy atom. The Kier molecular flexibility index (Phi) is 2.88. The van der Waals surface area contributed by atoms with Gasteiger partial charge in [-0.25, -0.2) is 0 Å². The van der Waals surface area contributed by atoms with E-state index in [2.05, 4.69) is 17.4 Å². The second kappa shape index (κ2) is 4.41. The first-order chi connectivity index (χ1) is 8.63. The van der Waals surface area contributed by atoms with Gasteiger partial charge in [-0.05, 0) is 50.9 Å². The summed E-state index contributed by atoms with van der Waals surface area (Å²) in [6, 6.07) is 1.92. The van der Waals surface area contributed by atoms with Crippen LogP contribution in [0.1, 0.15) is 48.9 Å². The van der Waals surface area contributed by atoms with E-state index < -0.39 is 0 Å². The van der Waals surface area contributed by atoms with E-state index in [0.717, 1.165) is 11.8 Å². The first-order valence-electron chi connectivity index (χ1n) is 6.87. The molecular weight excluding hydrogens is 228 g/mol. The van der Waals surface area contributed by atoms with Crippen molar-refractivity contribution in [2.24, 2.45) is 17.8 Å². The molecule has 1 aromatic heterocycles. The molecule has 0 saturated heterocycles. The predicted molar refractivity (Wildman–Crippen MR) is 67.1 cm³/mol. The molecule has 4 heteroatoms. The minimum Gasteiger partial charge on any atom is -0.361 e. The zero-order valence-electron chi connectivity index (χ0n) is 11.0. The van der Waals surface area contributed by atoms with E-state index in [0.29, 0.717) is 17.4 Å². The Labute approximate surface area is 107 Å². The summed E-state index contributed by atoms with van der Waals surface area (Å²) in [6.45, 7) is 3.92. The zero-order chi connectivity index (χ0) is 12.7. The Morgan fingerprint density at radius 1 is 1.50 bits per heavy atom. The average molecular weight is 248 g/mol. The van der Waals surface area contributed by atoms with Gasteiger partial charge < -0.3 is 9.84 Å². The first kappa shape index (κ1) is 11.8. The lowest BCUT2D eigenvalue weighted by Gasteiger charge is -2.28. The van der Waals surface area contributed by atoms with Gasteiger partial charge in [0.1, 0.15) is 5.76 Å². The lowest BCUT2D eigenvalue weighted by molar-refractivity contribution is 0.0906. The van der Waals surface area contributed by atoms with Crippen LogP contribution in [0.2, 0.25) is 0 Å². The van der Waals surface area contributed by atoms with Crippen molar-refractivity contribution in [1.29, 1.82) is 0 Å². The molecule has 0 unspecified atom stereocenters. The summed E-state index contributed by atoms with van der Waals surface area (Å²) in [6.07, 6.45) is 5.39. The van der Waals surface area contributed by atoms with Crippen LogP contribution in [-0.4, -0.2) is 17.1 Å². The number of aromatic nitrogens is 1. The van der Waals surface area contributed by atoms with E-state index in [1.807, 2.05) is 0 Å². The summed E-state index contributed by atoms with van der Waals surface area (Å²) >= 11 is 0. The summed E-state index contributed by atoms with van der Waals surface area (Å²) in [5, 5.41) is 6.83. The van der Waals surface area contributed by atoms with Crippen molar-refractivity contribution in [3.8, 4) is 0 Å². The highest BCUT2D eigenvalue weighted by Gasteiger charge is 2.42. The van der Waals surface area contributed by atoms with E-state index in [9.17, 15) is 4.79 Å². The van der Waals surface area contributed by atoms with Crippen LogP contribution in [0.4, 0.5) is 0 Å². The van der Waals surface area contributed by atoms with Crippen LogP contribution in [-0.2, 0) is 0 Å². The number of aryl methyl sites for hydroxylation is 1. The fourth-order valence-electron chi connectivity index (χ4n) is 3.77. The highest BCUT2D eigenvalue weighted by Crippen LogP contribution is 2.49. The molecule has 2 aliphatic carbocycles. The SMILES string of the molecule is Cc1cc(C(=O)N[C@H](C)[C@H]2C[C@@H]3CC[C@@H]2C3)no1. The molecule has 2 fully saturated rings. The lowest BCUT2D eigenvalue weighted by atomic mass is 9.84. The Balaban J connectivity index is 1.61. The molecule has 0 radical (unpaired) electrons. The maximum absolute atomic E-state index is 12.0. The lowest BCUT2D eigenvalue weighted by Crippen LogP contribution is -2.40. The fourth-order valence-corrected chi connectivity index (χ4v) is 3.77. The van der Waals surface area contributed by atoms with E-state index >= 15 is 0 Å². The van der Waals surface area contributed by atoms with E-state index in [4.69, 9.17) is 4.52 Å². The Bertz CT molecular complexity index is 454. The van der Waals surface area contributed by atoms with Crippen molar-refractivity contribution in [2.45, 2.75) is 45.6 Å². The topological polar surface area (TPSA) is 55.1 Å². The number of nitrogens with one attached hydrogen (secondary N) is 1. The molecule has 2 bridgehead atoms. The van der Waals surface area contributed by atoms with Crippen molar-refractivity contribution in [3.63, 3.8) is 0 Å². The third-order valence-electron chi connectivity index (χ3n) is 4.65. The summed E-state index contributed by atoms with van der Waals surface area (Å²) in [4.78, 5) is 12.0. The van der Waals surface area contributed by atoms with Crippen LogP contribution in [0.25, 0.3) is 0 Å². The molecular formula is C14H20N2O2. The number of rotatable bonds is 3. The summed E-state index contributed by atoms with van der Waals surface area (Å²) < 4.78 is 4.93. The van der Waals surface area contributed by atoms with Crippen LogP contribution in [0.5, 0.6) is 0 Å². The van der Waals surface area contributed by atoms with Gasteiger partial charge >= 0.3 is 0 Å². The Morgan fingerprint density at radius 2 is 2.33 bits per heavy atom. The van der Waals surface area contributed by atoms with Crippen LogP contribution < -0.4 is 5.32 Å². The minimum atomic E-state index is -0.109. The van der Waals surface area contributed by atoms with Gasteiger partial charge in [0.15, 0.2) is 5.69 Å². The van der Waals surface area contributed by atoms with Crippen molar-refractivity contribution >= 4 is 5.91 Å². The van der Waals surface area contributed by atoms with Gasteiger partial charge in [-0.1, -0.05) is 11.6 Å². The fraction of sp³-hybridized carbons (Fsp3) is 0.714. The van der Waals surface area contributed by atoms with Crippen LogP contribution in [0.15, 0.2) is 10.6 Å². The predicted octanol–water partition coefficient (Wildman–Crippen LogP) is 2.54. The van der Waals surface area contributed by atoms with Crippen LogP contribution >= 0.6 is 0 Å². The highest BCUT2D eigenvalue weighted by molar-refractivity contribution is 5.92. The molecule has 0 aliphatic heterocycles. The van der Waals surface area contributed by atoms with Gasteiger partial charge in [0, 0.05) is 12.1 Å². The van der Waals surface area contributed by atoms with Crippen molar-refractivity contribution < 1.29 is 9.32 Å². The summed E-state index contributed by atoms with van der Waals surface area (Å²) in [5.74, 6) is 2.95. The molecule has 0 spiro atoms. The maximum Gasteiger partial charge on any atom is 0.273 e. The third kappa shape index (κ3) is 2.04. The molecule has 1 N–H and O–H groups in total. The van der Waals surface area contributed by atoms with Crippen molar-refractivity contribution in [1.82, 2.24) is 10.5 Å². The normalized spacial score (nSPS) is 31.6. The highest BCUT2D eigenvalue weighted by atomic mass is 16.5. The molecule has 4 nitrogen and oxygen atoms in total. The van der Waals surface area contributed by atoms with E-state index in [1.165, 1.54) is 25.7 Å². The Hall–Kier alpha value is -1.32. The molecule has 2 saturated carbocycles. The van der Waals surface area contributed by atoms with E-state index in [1.54, 1.807) is 13.0 Å². The van der Waals surface area contributed by atoms with Gasteiger partial charge in [0.2, 0.25) is 0 Å². The largest absolute Gasteiger partial charge is 0.361 e. The molecule has 1 amide bonds. The quantitative estimate of drug-likeness (QED) is 0.894. The second-order valence-corrected chi connectivity index (χ2v) is 5.92.